The molecule has 0 aromatic carbocycles. The summed E-state index contributed by atoms with van der Waals surface area (Å²) in [6.07, 6.45) is 2.17. The van der Waals surface area contributed by atoms with Gasteiger partial charge in [-0.05, 0) is 19.4 Å². The van der Waals surface area contributed by atoms with Gasteiger partial charge < -0.3 is 5.32 Å². The van der Waals surface area contributed by atoms with Crippen molar-refractivity contribution in [2.75, 3.05) is 18.6 Å². The quantitative estimate of drug-likeness (QED) is 0.728. The third-order valence-corrected chi connectivity index (χ3v) is 3.48. The molecule has 1 rings (SSSR count). The average Bonchev–Trinajstić information content (AvgIpc) is 2.65. The maximum absolute atomic E-state index is 11.0. The van der Waals surface area contributed by atoms with Crippen LogP contribution in [0.15, 0.2) is 6.07 Å². The van der Waals surface area contributed by atoms with Gasteiger partial charge in [0, 0.05) is 25.9 Å². The van der Waals surface area contributed by atoms with Crippen LogP contribution in [0.1, 0.15) is 25.2 Å². The Bertz CT molecular complexity index is 451. The monoisotopic (exact) mass is 259 g/mol. The van der Waals surface area contributed by atoms with Gasteiger partial charge in [-0.25, -0.2) is 8.42 Å². The van der Waals surface area contributed by atoms with Gasteiger partial charge in [-0.3, -0.25) is 4.68 Å². The lowest BCUT2D eigenvalue weighted by Crippen LogP contribution is -2.23. The molecule has 0 saturated carbocycles. The zero-order valence-electron chi connectivity index (χ0n) is 10.7. The summed E-state index contributed by atoms with van der Waals surface area (Å²) in [5.74, 6) is 0.175. The predicted octanol–water partition coefficient (Wildman–Crippen LogP) is 0.600. The molecular formula is C11H21N3O2S. The number of hydrogen-bond donors (Lipinski definition) is 1. The Labute approximate surface area is 103 Å². The zero-order valence-corrected chi connectivity index (χ0v) is 11.5. The second-order valence-electron chi connectivity index (χ2n) is 4.10. The van der Waals surface area contributed by atoms with Crippen LogP contribution in [0.4, 0.5) is 0 Å². The lowest BCUT2D eigenvalue weighted by atomic mass is 10.3. The number of aromatic nitrogens is 2. The summed E-state index contributed by atoms with van der Waals surface area (Å²) in [6.45, 7) is 6.10. The van der Waals surface area contributed by atoms with Gasteiger partial charge in [0.05, 0.1) is 17.1 Å². The molecule has 0 aliphatic heterocycles. The highest BCUT2D eigenvalue weighted by Gasteiger charge is 2.06. The SMILES string of the molecule is CCc1cc(CNCCS(C)(=O)=O)n(CC)n1. The molecule has 0 radical (unpaired) electrons. The highest BCUT2D eigenvalue weighted by molar-refractivity contribution is 7.90. The molecule has 1 N–H and O–H groups in total. The lowest BCUT2D eigenvalue weighted by molar-refractivity contribution is 0.577. The van der Waals surface area contributed by atoms with E-state index in [9.17, 15) is 8.42 Å². The van der Waals surface area contributed by atoms with Crippen LogP contribution < -0.4 is 5.32 Å². The van der Waals surface area contributed by atoms with E-state index in [1.165, 1.54) is 6.26 Å². The first-order chi connectivity index (χ1) is 7.96. The molecule has 0 amide bonds. The summed E-state index contributed by atoms with van der Waals surface area (Å²) < 4.78 is 23.9. The van der Waals surface area contributed by atoms with Crippen LogP contribution in [0.3, 0.4) is 0 Å². The van der Waals surface area contributed by atoms with Gasteiger partial charge in [0.25, 0.3) is 0 Å². The first-order valence-corrected chi connectivity index (χ1v) is 7.96. The smallest absolute Gasteiger partial charge is 0.148 e. The Morgan fingerprint density at radius 2 is 2.12 bits per heavy atom. The molecule has 1 heterocycles. The standard InChI is InChI=1S/C11H21N3O2S/c1-4-10-8-11(14(5-2)13-10)9-12-6-7-17(3,15)16/h8,12H,4-7,9H2,1-3H3. The number of nitrogens with zero attached hydrogens (tertiary/aromatic N) is 2. The van der Waals surface area contributed by atoms with E-state index in [4.69, 9.17) is 0 Å². The van der Waals surface area contributed by atoms with Crippen LogP contribution in [-0.4, -0.2) is 36.8 Å². The molecule has 0 aliphatic rings. The molecule has 1 aromatic heterocycles. The number of hydrogen-bond acceptors (Lipinski definition) is 4. The third kappa shape index (κ3) is 4.87. The molecule has 1 aromatic rings. The minimum Gasteiger partial charge on any atom is -0.310 e. The van der Waals surface area contributed by atoms with Crippen molar-refractivity contribution in [3.05, 3.63) is 17.5 Å². The van der Waals surface area contributed by atoms with Gasteiger partial charge in [-0.2, -0.15) is 5.10 Å². The van der Waals surface area contributed by atoms with E-state index in [1.807, 2.05) is 11.6 Å². The molecule has 0 fully saturated rings. The number of aryl methyl sites for hydroxylation is 2. The topological polar surface area (TPSA) is 64.0 Å². The second kappa shape index (κ2) is 6.16. The molecular weight excluding hydrogens is 238 g/mol. The average molecular weight is 259 g/mol. The van der Waals surface area contributed by atoms with E-state index in [-0.39, 0.29) is 5.75 Å². The second-order valence-corrected chi connectivity index (χ2v) is 6.36. The molecule has 0 atom stereocenters. The van der Waals surface area contributed by atoms with Gasteiger partial charge in [0.1, 0.15) is 9.84 Å². The summed E-state index contributed by atoms with van der Waals surface area (Å²) in [5, 5.41) is 7.56. The highest BCUT2D eigenvalue weighted by Crippen LogP contribution is 2.05. The van der Waals surface area contributed by atoms with Crippen molar-refractivity contribution in [2.24, 2.45) is 0 Å². The third-order valence-electron chi connectivity index (χ3n) is 2.53. The Kier molecular flexibility index (Phi) is 5.14. The maximum Gasteiger partial charge on any atom is 0.148 e. The van der Waals surface area contributed by atoms with Crippen LogP contribution in [0, 0.1) is 0 Å². The minimum absolute atomic E-state index is 0.175. The predicted molar refractivity (Wildman–Crippen MR) is 68.7 cm³/mol. The maximum atomic E-state index is 11.0. The largest absolute Gasteiger partial charge is 0.310 e. The van der Waals surface area contributed by atoms with Gasteiger partial charge in [0.15, 0.2) is 0 Å². The summed E-state index contributed by atoms with van der Waals surface area (Å²) in [7, 11) is -2.88. The number of nitrogens with one attached hydrogen (secondary N) is 1. The number of rotatable bonds is 7. The molecule has 5 nitrogen and oxygen atoms in total. The summed E-state index contributed by atoms with van der Waals surface area (Å²) in [6, 6.07) is 2.07. The van der Waals surface area contributed by atoms with Crippen LogP contribution in [0.5, 0.6) is 0 Å². The van der Waals surface area contributed by atoms with E-state index in [0.717, 1.165) is 24.4 Å². The molecule has 6 heteroatoms. The van der Waals surface area contributed by atoms with Crippen LogP contribution in [0.25, 0.3) is 0 Å². The van der Waals surface area contributed by atoms with Crippen LogP contribution in [-0.2, 0) is 29.3 Å². The van der Waals surface area contributed by atoms with Crippen molar-refractivity contribution in [1.82, 2.24) is 15.1 Å². The molecule has 0 unspecified atom stereocenters. The van der Waals surface area contributed by atoms with E-state index in [0.29, 0.717) is 13.1 Å². The fourth-order valence-corrected chi connectivity index (χ4v) is 2.09. The lowest BCUT2D eigenvalue weighted by Gasteiger charge is -2.05. The minimum atomic E-state index is -2.88. The van der Waals surface area contributed by atoms with E-state index in [1.54, 1.807) is 0 Å². The van der Waals surface area contributed by atoms with Crippen molar-refractivity contribution in [3.8, 4) is 0 Å². The fourth-order valence-electron chi connectivity index (χ4n) is 1.58. The number of sulfone groups is 1. The van der Waals surface area contributed by atoms with E-state index in [2.05, 4.69) is 23.4 Å². The van der Waals surface area contributed by atoms with Crippen LogP contribution >= 0.6 is 0 Å². The Morgan fingerprint density at radius 1 is 1.41 bits per heavy atom. The van der Waals surface area contributed by atoms with Crippen molar-refractivity contribution >= 4 is 9.84 Å². The molecule has 0 bridgehead atoms. The summed E-state index contributed by atoms with van der Waals surface area (Å²) in [5.41, 5.74) is 2.18. The molecule has 0 aliphatic carbocycles. The fraction of sp³-hybridized carbons (Fsp3) is 0.727. The summed E-state index contributed by atoms with van der Waals surface area (Å²) >= 11 is 0. The van der Waals surface area contributed by atoms with Crippen molar-refractivity contribution in [2.45, 2.75) is 33.4 Å². The van der Waals surface area contributed by atoms with Crippen molar-refractivity contribution in [1.29, 1.82) is 0 Å². The molecule has 98 valence electrons. The zero-order chi connectivity index (χ0) is 12.9. The first kappa shape index (κ1) is 14.2. The first-order valence-electron chi connectivity index (χ1n) is 5.90. The van der Waals surface area contributed by atoms with E-state index >= 15 is 0 Å². The van der Waals surface area contributed by atoms with E-state index < -0.39 is 9.84 Å². The van der Waals surface area contributed by atoms with Gasteiger partial charge in [0.2, 0.25) is 0 Å². The Morgan fingerprint density at radius 3 is 2.65 bits per heavy atom. The molecule has 0 saturated heterocycles. The van der Waals surface area contributed by atoms with Gasteiger partial charge >= 0.3 is 0 Å². The Hall–Kier alpha value is -0.880. The highest BCUT2D eigenvalue weighted by atomic mass is 32.2. The molecule has 0 spiro atoms. The Balaban J connectivity index is 2.48. The van der Waals surface area contributed by atoms with Crippen LogP contribution in [0.2, 0.25) is 0 Å². The molecule has 17 heavy (non-hydrogen) atoms. The normalized spacial score (nSPS) is 11.9. The van der Waals surface area contributed by atoms with Crippen molar-refractivity contribution < 1.29 is 8.42 Å². The van der Waals surface area contributed by atoms with Gasteiger partial charge in [-0.15, -0.1) is 0 Å². The van der Waals surface area contributed by atoms with Gasteiger partial charge in [-0.1, -0.05) is 6.92 Å². The summed E-state index contributed by atoms with van der Waals surface area (Å²) in [4.78, 5) is 0. The van der Waals surface area contributed by atoms with Crippen molar-refractivity contribution in [3.63, 3.8) is 0 Å².